The number of hydrogen-bond acceptors (Lipinski definition) is 7. The monoisotopic (exact) mass is 383 g/mol. The van der Waals surface area contributed by atoms with Gasteiger partial charge in [-0.1, -0.05) is 6.07 Å². The lowest BCUT2D eigenvalue weighted by molar-refractivity contribution is -0.117. The van der Waals surface area contributed by atoms with E-state index in [0.29, 0.717) is 24.4 Å². The molecule has 2 aromatic heterocycles. The molecule has 1 atom stereocenters. The number of hydrogen-bond donors (Lipinski definition) is 0. The van der Waals surface area contributed by atoms with E-state index in [4.69, 9.17) is 9.15 Å². The second-order valence-corrected chi connectivity index (χ2v) is 7.11. The van der Waals surface area contributed by atoms with Crippen molar-refractivity contribution in [3.05, 3.63) is 53.2 Å². The lowest BCUT2D eigenvalue weighted by Crippen LogP contribution is -2.23. The first-order chi connectivity index (χ1) is 13.1. The van der Waals surface area contributed by atoms with E-state index in [-0.39, 0.29) is 11.8 Å². The van der Waals surface area contributed by atoms with E-state index < -0.39 is 12.1 Å². The average molecular weight is 383 g/mol. The molecule has 27 heavy (non-hydrogen) atoms. The molecule has 3 aromatic rings. The predicted octanol–water partition coefficient (Wildman–Crippen LogP) is 3.84. The van der Waals surface area contributed by atoms with Gasteiger partial charge in [-0.3, -0.25) is 4.79 Å². The van der Waals surface area contributed by atoms with Crippen molar-refractivity contribution < 1.29 is 18.7 Å². The van der Waals surface area contributed by atoms with Gasteiger partial charge in [-0.2, -0.15) is 0 Å². The van der Waals surface area contributed by atoms with Crippen molar-refractivity contribution in [1.29, 1.82) is 0 Å². The van der Waals surface area contributed by atoms with Crippen molar-refractivity contribution in [2.24, 2.45) is 0 Å². The molecule has 0 aliphatic carbocycles. The van der Waals surface area contributed by atoms with Gasteiger partial charge in [0.15, 0.2) is 6.10 Å². The minimum Gasteiger partial charge on any atom is -0.449 e. The molecule has 7 nitrogen and oxygen atoms in total. The minimum absolute atomic E-state index is 0.108. The Morgan fingerprint density at radius 2 is 2.07 bits per heavy atom. The third-order valence-corrected chi connectivity index (χ3v) is 5.15. The maximum atomic E-state index is 12.4. The van der Waals surface area contributed by atoms with E-state index in [1.54, 1.807) is 36.1 Å². The van der Waals surface area contributed by atoms with Crippen LogP contribution in [0.1, 0.15) is 42.1 Å². The molecule has 0 N–H and O–H groups in total. The average Bonchev–Trinajstić information content (AvgIpc) is 3.42. The van der Waals surface area contributed by atoms with Gasteiger partial charge in [0, 0.05) is 18.7 Å². The molecule has 1 aliphatic heterocycles. The van der Waals surface area contributed by atoms with Crippen LogP contribution in [0.2, 0.25) is 0 Å². The first-order valence-electron chi connectivity index (χ1n) is 8.60. The Bertz CT molecular complexity index is 950. The van der Waals surface area contributed by atoms with E-state index in [0.717, 1.165) is 17.0 Å². The van der Waals surface area contributed by atoms with Gasteiger partial charge in [0.25, 0.3) is 11.8 Å². The van der Waals surface area contributed by atoms with Crippen molar-refractivity contribution in [3.63, 3.8) is 0 Å². The number of benzene rings is 1. The first-order valence-corrected chi connectivity index (χ1v) is 9.48. The van der Waals surface area contributed by atoms with E-state index in [1.165, 1.54) is 11.3 Å². The summed E-state index contributed by atoms with van der Waals surface area (Å²) >= 11 is 1.49. The molecule has 1 aliphatic rings. The van der Waals surface area contributed by atoms with Crippen molar-refractivity contribution in [3.8, 4) is 10.8 Å². The van der Waals surface area contributed by atoms with Crippen LogP contribution in [0.3, 0.4) is 0 Å². The zero-order valence-electron chi connectivity index (χ0n) is 14.6. The summed E-state index contributed by atoms with van der Waals surface area (Å²) in [5.74, 6) is 0.267. The van der Waals surface area contributed by atoms with Gasteiger partial charge < -0.3 is 14.1 Å². The third kappa shape index (κ3) is 3.61. The highest BCUT2D eigenvalue weighted by molar-refractivity contribution is 7.13. The van der Waals surface area contributed by atoms with Crippen LogP contribution in [-0.4, -0.2) is 28.6 Å². The molecule has 1 saturated heterocycles. The largest absolute Gasteiger partial charge is 0.449 e. The molecule has 0 spiro atoms. The van der Waals surface area contributed by atoms with Crippen LogP contribution < -0.4 is 4.90 Å². The molecule has 4 rings (SSSR count). The second kappa shape index (κ2) is 7.32. The molecule has 0 radical (unpaired) electrons. The van der Waals surface area contributed by atoms with E-state index in [1.807, 2.05) is 17.5 Å². The number of nitrogens with zero attached hydrogens (tertiary/aromatic N) is 3. The Balaban J connectivity index is 1.42. The van der Waals surface area contributed by atoms with Crippen molar-refractivity contribution >= 4 is 28.9 Å². The first kappa shape index (κ1) is 17.4. The molecule has 1 fully saturated rings. The SMILES string of the molecule is CC(OC(=O)c1ccc(N2CCCC2=O)cc1)c1nnc(-c2cccs2)o1. The fraction of sp³-hybridized carbons (Fsp3) is 0.263. The van der Waals surface area contributed by atoms with E-state index in [2.05, 4.69) is 10.2 Å². The highest BCUT2D eigenvalue weighted by atomic mass is 32.1. The molecule has 3 heterocycles. The summed E-state index contributed by atoms with van der Waals surface area (Å²) in [4.78, 5) is 26.8. The van der Waals surface area contributed by atoms with E-state index in [9.17, 15) is 9.59 Å². The summed E-state index contributed by atoms with van der Waals surface area (Å²) in [6.07, 6.45) is 0.759. The number of ether oxygens (including phenoxy) is 1. The summed E-state index contributed by atoms with van der Waals surface area (Å²) in [5, 5.41) is 9.87. The molecule has 1 unspecified atom stereocenters. The number of aromatic nitrogens is 2. The quantitative estimate of drug-likeness (QED) is 0.622. The summed E-state index contributed by atoms with van der Waals surface area (Å²) in [6.45, 7) is 2.39. The topological polar surface area (TPSA) is 85.5 Å². The number of amides is 1. The summed E-state index contributed by atoms with van der Waals surface area (Å²) in [6, 6.07) is 10.6. The molecule has 0 saturated carbocycles. The molecule has 0 bridgehead atoms. The van der Waals surface area contributed by atoms with Crippen LogP contribution in [-0.2, 0) is 9.53 Å². The smallest absolute Gasteiger partial charge is 0.338 e. The van der Waals surface area contributed by atoms with Gasteiger partial charge in [-0.25, -0.2) is 4.79 Å². The lowest BCUT2D eigenvalue weighted by atomic mass is 10.2. The highest BCUT2D eigenvalue weighted by Crippen LogP contribution is 2.27. The van der Waals surface area contributed by atoms with Gasteiger partial charge in [-0.05, 0) is 49.1 Å². The van der Waals surface area contributed by atoms with Gasteiger partial charge in [0.05, 0.1) is 10.4 Å². The Labute approximate surface area is 159 Å². The fourth-order valence-corrected chi connectivity index (χ4v) is 3.52. The normalized spacial score (nSPS) is 15.1. The molecule has 1 aromatic carbocycles. The van der Waals surface area contributed by atoms with Gasteiger partial charge >= 0.3 is 5.97 Å². The van der Waals surface area contributed by atoms with Gasteiger partial charge in [0.1, 0.15) is 0 Å². The van der Waals surface area contributed by atoms with Crippen LogP contribution in [0, 0.1) is 0 Å². The number of esters is 1. The number of anilines is 1. The zero-order valence-corrected chi connectivity index (χ0v) is 15.4. The molecular formula is C19H17N3O4S. The molecule has 138 valence electrons. The van der Waals surface area contributed by atoms with Crippen molar-refractivity contribution in [1.82, 2.24) is 10.2 Å². The summed E-state index contributed by atoms with van der Waals surface area (Å²) < 4.78 is 11.0. The van der Waals surface area contributed by atoms with Crippen LogP contribution >= 0.6 is 11.3 Å². The summed E-state index contributed by atoms with van der Waals surface area (Å²) in [5.41, 5.74) is 1.19. The van der Waals surface area contributed by atoms with Crippen LogP contribution in [0.15, 0.2) is 46.2 Å². The molecule has 8 heteroatoms. The standard InChI is InChI=1S/C19H17N3O4S/c1-12(17-20-21-18(26-17)15-4-3-11-27-15)25-19(24)13-6-8-14(9-7-13)22-10-2-5-16(22)23/h3-4,6-9,11-12H,2,5,10H2,1H3. The van der Waals surface area contributed by atoms with Gasteiger partial charge in [0.2, 0.25) is 5.91 Å². The summed E-state index contributed by atoms with van der Waals surface area (Å²) in [7, 11) is 0. The number of carbonyl (C=O) groups excluding carboxylic acids is 2. The fourth-order valence-electron chi connectivity index (χ4n) is 2.88. The van der Waals surface area contributed by atoms with Crippen LogP contribution in [0.5, 0.6) is 0 Å². The number of carbonyl (C=O) groups is 2. The molecule has 1 amide bonds. The maximum absolute atomic E-state index is 12.4. The molecular weight excluding hydrogens is 366 g/mol. The van der Waals surface area contributed by atoms with Gasteiger partial charge in [-0.15, -0.1) is 21.5 Å². The minimum atomic E-state index is -0.668. The number of thiophene rings is 1. The van der Waals surface area contributed by atoms with Crippen LogP contribution in [0.25, 0.3) is 10.8 Å². The second-order valence-electron chi connectivity index (χ2n) is 6.17. The Kier molecular flexibility index (Phi) is 4.72. The zero-order chi connectivity index (χ0) is 18.8. The Morgan fingerprint density at radius 3 is 2.74 bits per heavy atom. The predicted molar refractivity (Wildman–Crippen MR) is 99.5 cm³/mol. The number of rotatable bonds is 5. The Morgan fingerprint density at radius 1 is 1.26 bits per heavy atom. The van der Waals surface area contributed by atoms with Crippen molar-refractivity contribution in [2.45, 2.75) is 25.9 Å². The highest BCUT2D eigenvalue weighted by Gasteiger charge is 2.23. The third-order valence-electron chi connectivity index (χ3n) is 4.29. The van der Waals surface area contributed by atoms with Crippen LogP contribution in [0.4, 0.5) is 5.69 Å². The van der Waals surface area contributed by atoms with E-state index >= 15 is 0 Å². The lowest BCUT2D eigenvalue weighted by Gasteiger charge is -2.16. The Hall–Kier alpha value is -3.00. The van der Waals surface area contributed by atoms with Crippen molar-refractivity contribution in [2.75, 3.05) is 11.4 Å². The maximum Gasteiger partial charge on any atom is 0.338 e.